The summed E-state index contributed by atoms with van der Waals surface area (Å²) in [7, 11) is 0. The molecule has 2 heterocycles. The molecule has 2 aliphatic rings. The summed E-state index contributed by atoms with van der Waals surface area (Å²) in [6.45, 7) is 0.109. The summed E-state index contributed by atoms with van der Waals surface area (Å²) >= 11 is 0. The predicted molar refractivity (Wildman–Crippen MR) is 52.2 cm³/mol. The molecule has 2 rings (SSSR count). The van der Waals surface area contributed by atoms with Crippen molar-refractivity contribution in [3.63, 3.8) is 0 Å². The minimum Gasteiger partial charge on any atom is -0.394 e. The van der Waals surface area contributed by atoms with Crippen molar-refractivity contribution in [1.29, 1.82) is 0 Å². The topological polar surface area (TPSA) is 102 Å². The maximum Gasteiger partial charge on any atom is 0.321 e. The Bertz CT molecular complexity index is 275. The van der Waals surface area contributed by atoms with E-state index in [4.69, 9.17) is 9.84 Å². The second-order valence-electron chi connectivity index (χ2n) is 4.06. The van der Waals surface area contributed by atoms with Gasteiger partial charge in [-0.1, -0.05) is 0 Å². The summed E-state index contributed by atoms with van der Waals surface area (Å²) in [4.78, 5) is 12.9. The molecule has 92 valence electrons. The van der Waals surface area contributed by atoms with Crippen molar-refractivity contribution in [3.05, 3.63) is 0 Å². The van der Waals surface area contributed by atoms with Crippen LogP contribution in [0.25, 0.3) is 0 Å². The van der Waals surface area contributed by atoms with E-state index in [0.29, 0.717) is 13.0 Å². The van der Waals surface area contributed by atoms with E-state index in [0.717, 1.165) is 0 Å². The standard InChI is InChI=1S/C9H16N2O5/c12-4-6-5(13)3-8(16-6)11-2-1-7(14)10-9(11)15/h5-8,12-14H,1-4H2,(H,10,15). The normalized spacial score (nSPS) is 39.9. The third kappa shape index (κ3) is 2.12. The fraction of sp³-hybridized carbons (Fsp3) is 0.889. The molecule has 2 saturated heterocycles. The number of nitrogens with zero attached hydrogens (tertiary/aromatic N) is 1. The van der Waals surface area contributed by atoms with Crippen molar-refractivity contribution in [2.75, 3.05) is 13.2 Å². The van der Waals surface area contributed by atoms with Crippen LogP contribution in [0.1, 0.15) is 12.8 Å². The van der Waals surface area contributed by atoms with Crippen molar-refractivity contribution in [2.45, 2.75) is 37.5 Å². The lowest BCUT2D eigenvalue weighted by molar-refractivity contribution is -0.0730. The molecule has 7 heteroatoms. The van der Waals surface area contributed by atoms with Gasteiger partial charge in [0.15, 0.2) is 0 Å². The average Bonchev–Trinajstić information content (AvgIpc) is 2.59. The van der Waals surface area contributed by atoms with Crippen LogP contribution in [0.15, 0.2) is 0 Å². The fourth-order valence-electron chi connectivity index (χ4n) is 2.01. The highest BCUT2D eigenvalue weighted by molar-refractivity contribution is 5.75. The summed E-state index contributed by atoms with van der Waals surface area (Å²) in [5.41, 5.74) is 0. The van der Waals surface area contributed by atoms with Crippen LogP contribution in [-0.2, 0) is 4.74 Å². The second kappa shape index (κ2) is 4.54. The summed E-state index contributed by atoms with van der Waals surface area (Å²) in [6, 6.07) is -0.408. The molecule has 0 radical (unpaired) electrons. The highest BCUT2D eigenvalue weighted by Gasteiger charge is 2.40. The summed E-state index contributed by atoms with van der Waals surface area (Å²) in [6.07, 6.45) is -2.03. The first-order valence-corrected chi connectivity index (χ1v) is 5.31. The molecule has 4 atom stereocenters. The van der Waals surface area contributed by atoms with Crippen molar-refractivity contribution >= 4 is 6.03 Å². The van der Waals surface area contributed by atoms with Crippen molar-refractivity contribution < 1.29 is 24.9 Å². The number of rotatable bonds is 2. The van der Waals surface area contributed by atoms with E-state index in [9.17, 15) is 15.0 Å². The first-order valence-electron chi connectivity index (χ1n) is 5.31. The van der Waals surface area contributed by atoms with Crippen LogP contribution in [0, 0.1) is 0 Å². The van der Waals surface area contributed by atoms with Gasteiger partial charge in [-0.15, -0.1) is 0 Å². The quantitative estimate of drug-likeness (QED) is 0.449. The van der Waals surface area contributed by atoms with E-state index >= 15 is 0 Å². The Morgan fingerprint density at radius 1 is 1.50 bits per heavy atom. The fourth-order valence-corrected chi connectivity index (χ4v) is 2.01. The van der Waals surface area contributed by atoms with E-state index in [1.54, 1.807) is 0 Å². The average molecular weight is 232 g/mol. The summed E-state index contributed by atoms with van der Waals surface area (Å²) in [5.74, 6) is 0. The van der Waals surface area contributed by atoms with Gasteiger partial charge in [-0.25, -0.2) is 4.79 Å². The van der Waals surface area contributed by atoms with Crippen LogP contribution in [0.5, 0.6) is 0 Å². The molecule has 0 aromatic carbocycles. The van der Waals surface area contributed by atoms with Gasteiger partial charge in [0.05, 0.1) is 12.7 Å². The number of hydrogen-bond donors (Lipinski definition) is 4. The van der Waals surface area contributed by atoms with Gasteiger partial charge in [0, 0.05) is 19.4 Å². The predicted octanol–water partition coefficient (Wildman–Crippen LogP) is -1.81. The Labute approximate surface area is 92.6 Å². The number of carbonyl (C=O) groups is 1. The molecule has 0 spiro atoms. The second-order valence-corrected chi connectivity index (χ2v) is 4.06. The minimum absolute atomic E-state index is 0.268. The highest BCUT2D eigenvalue weighted by Crippen LogP contribution is 2.24. The van der Waals surface area contributed by atoms with Gasteiger partial charge < -0.3 is 25.4 Å². The van der Waals surface area contributed by atoms with Gasteiger partial charge in [-0.2, -0.15) is 0 Å². The molecule has 0 saturated carbocycles. The molecule has 2 amide bonds. The number of ether oxygens (including phenoxy) is 1. The van der Waals surface area contributed by atoms with Crippen molar-refractivity contribution in [1.82, 2.24) is 10.2 Å². The summed E-state index contributed by atoms with van der Waals surface area (Å²) < 4.78 is 5.35. The molecular weight excluding hydrogens is 216 g/mol. The number of nitrogens with one attached hydrogen (secondary N) is 1. The van der Waals surface area contributed by atoms with E-state index in [-0.39, 0.29) is 13.0 Å². The Morgan fingerprint density at radius 2 is 2.25 bits per heavy atom. The first kappa shape index (κ1) is 11.6. The molecular formula is C9H16N2O5. The number of aliphatic hydroxyl groups is 3. The Morgan fingerprint density at radius 3 is 2.81 bits per heavy atom. The van der Waals surface area contributed by atoms with Gasteiger partial charge in [0.2, 0.25) is 0 Å². The molecule has 7 nitrogen and oxygen atoms in total. The number of urea groups is 1. The van der Waals surface area contributed by atoms with Gasteiger partial charge in [0.1, 0.15) is 18.6 Å². The van der Waals surface area contributed by atoms with Crippen LogP contribution in [0.3, 0.4) is 0 Å². The van der Waals surface area contributed by atoms with E-state index in [1.807, 2.05) is 0 Å². The first-order chi connectivity index (χ1) is 7.61. The molecule has 0 aromatic heterocycles. The van der Waals surface area contributed by atoms with Crippen LogP contribution in [-0.4, -0.2) is 64.1 Å². The van der Waals surface area contributed by atoms with Crippen LogP contribution < -0.4 is 5.32 Å². The lowest BCUT2D eigenvalue weighted by atomic mass is 10.2. The highest BCUT2D eigenvalue weighted by atomic mass is 16.5. The van der Waals surface area contributed by atoms with Gasteiger partial charge in [-0.3, -0.25) is 4.90 Å². The molecule has 16 heavy (non-hydrogen) atoms. The van der Waals surface area contributed by atoms with Crippen molar-refractivity contribution in [3.8, 4) is 0 Å². The largest absolute Gasteiger partial charge is 0.394 e. The van der Waals surface area contributed by atoms with Gasteiger partial charge in [-0.05, 0) is 0 Å². The van der Waals surface area contributed by atoms with Crippen LogP contribution in [0.2, 0.25) is 0 Å². The zero-order valence-corrected chi connectivity index (χ0v) is 8.74. The maximum absolute atomic E-state index is 11.5. The Hall–Kier alpha value is -0.890. The zero-order valence-electron chi connectivity index (χ0n) is 8.74. The minimum atomic E-state index is -0.816. The Balaban J connectivity index is 1.96. The van der Waals surface area contributed by atoms with Gasteiger partial charge in [0.25, 0.3) is 0 Å². The lowest BCUT2D eigenvalue weighted by Gasteiger charge is -2.34. The monoisotopic (exact) mass is 232 g/mol. The van der Waals surface area contributed by atoms with E-state index in [2.05, 4.69) is 5.32 Å². The molecule has 2 aliphatic heterocycles. The van der Waals surface area contributed by atoms with Gasteiger partial charge >= 0.3 is 6.03 Å². The number of aliphatic hydroxyl groups excluding tert-OH is 3. The third-order valence-corrected chi connectivity index (χ3v) is 2.93. The molecule has 4 N–H and O–H groups in total. The number of carbonyl (C=O) groups excluding carboxylic acids is 1. The maximum atomic E-state index is 11.5. The molecule has 4 unspecified atom stereocenters. The number of hydrogen-bond acceptors (Lipinski definition) is 5. The summed E-state index contributed by atoms with van der Waals surface area (Å²) in [5, 5.41) is 30.0. The zero-order chi connectivity index (χ0) is 11.7. The van der Waals surface area contributed by atoms with Crippen LogP contribution in [0.4, 0.5) is 4.79 Å². The third-order valence-electron chi connectivity index (χ3n) is 2.93. The van der Waals surface area contributed by atoms with Crippen molar-refractivity contribution in [2.24, 2.45) is 0 Å². The Kier molecular flexibility index (Phi) is 3.29. The molecule has 0 bridgehead atoms. The molecule has 2 fully saturated rings. The van der Waals surface area contributed by atoms with E-state index < -0.39 is 30.7 Å². The smallest absolute Gasteiger partial charge is 0.321 e. The number of amides is 2. The molecule has 0 aromatic rings. The lowest BCUT2D eigenvalue weighted by Crippen LogP contribution is -2.55. The molecule has 0 aliphatic carbocycles. The van der Waals surface area contributed by atoms with E-state index in [1.165, 1.54) is 4.90 Å². The SMILES string of the molecule is O=C1NC(O)CCN1C1CC(O)C(CO)O1. The van der Waals surface area contributed by atoms with Crippen LogP contribution >= 0.6 is 0 Å².